The van der Waals surface area contributed by atoms with Gasteiger partial charge in [-0.05, 0) is 30.4 Å². The van der Waals surface area contributed by atoms with Crippen LogP contribution < -0.4 is 11.1 Å². The molecule has 6 heteroatoms. The number of nitrogens with zero attached hydrogens (tertiary/aromatic N) is 2. The van der Waals surface area contributed by atoms with Gasteiger partial charge in [0, 0.05) is 5.92 Å². The zero-order valence-corrected chi connectivity index (χ0v) is 11.1. The van der Waals surface area contributed by atoms with Gasteiger partial charge in [0.05, 0.1) is 0 Å². The first-order valence-electron chi connectivity index (χ1n) is 6.19. The minimum absolute atomic E-state index is 0.0000227. The van der Waals surface area contributed by atoms with E-state index in [1.54, 1.807) is 0 Å². The second-order valence-electron chi connectivity index (χ2n) is 4.64. The molecule has 1 aliphatic carbocycles. The summed E-state index contributed by atoms with van der Waals surface area (Å²) >= 11 is 1.19. The molecule has 0 radical (unpaired) electrons. The Kier molecular flexibility index (Phi) is 3.16. The number of fused-ring (bicyclic) bond motifs is 1. The van der Waals surface area contributed by atoms with E-state index in [1.807, 2.05) is 12.1 Å². The molecule has 1 unspecified atom stereocenters. The van der Waals surface area contributed by atoms with Gasteiger partial charge in [0.25, 0.3) is 0 Å². The van der Waals surface area contributed by atoms with Crippen molar-refractivity contribution in [3.63, 3.8) is 0 Å². The molecule has 1 heterocycles. The predicted octanol–water partition coefficient (Wildman–Crippen LogP) is 1.86. The summed E-state index contributed by atoms with van der Waals surface area (Å²) in [6.07, 6.45) is 2.61. The van der Waals surface area contributed by atoms with Crippen LogP contribution in [0.1, 0.15) is 17.5 Å². The van der Waals surface area contributed by atoms with Gasteiger partial charge >= 0.3 is 0 Å². The van der Waals surface area contributed by atoms with E-state index in [0.717, 1.165) is 19.3 Å². The molecule has 1 aliphatic rings. The SMILES string of the molecule is Nc1nnc(NC(=O)C2CCc3ccccc3C2)s1. The van der Waals surface area contributed by atoms with Crippen molar-refractivity contribution in [2.24, 2.45) is 5.92 Å². The third-order valence-electron chi connectivity index (χ3n) is 3.39. The van der Waals surface area contributed by atoms with Gasteiger partial charge in [0.15, 0.2) is 0 Å². The zero-order valence-electron chi connectivity index (χ0n) is 10.3. The summed E-state index contributed by atoms with van der Waals surface area (Å²) in [5.74, 6) is 0.00526. The van der Waals surface area contributed by atoms with E-state index in [4.69, 9.17) is 5.73 Å². The van der Waals surface area contributed by atoms with Gasteiger partial charge in [0.1, 0.15) is 0 Å². The van der Waals surface area contributed by atoms with Crippen LogP contribution in [0.3, 0.4) is 0 Å². The van der Waals surface area contributed by atoms with Crippen molar-refractivity contribution < 1.29 is 4.79 Å². The van der Waals surface area contributed by atoms with E-state index in [1.165, 1.54) is 22.5 Å². The summed E-state index contributed by atoms with van der Waals surface area (Å²) in [7, 11) is 0. The van der Waals surface area contributed by atoms with Crippen molar-refractivity contribution >= 4 is 27.5 Å². The third kappa shape index (κ3) is 2.58. The monoisotopic (exact) mass is 274 g/mol. The van der Waals surface area contributed by atoms with Crippen LogP contribution in [-0.4, -0.2) is 16.1 Å². The van der Waals surface area contributed by atoms with Gasteiger partial charge in [0.2, 0.25) is 16.2 Å². The largest absolute Gasteiger partial charge is 0.374 e. The Bertz CT molecular complexity index is 610. The molecule has 0 saturated heterocycles. The molecule has 2 aromatic rings. The molecule has 1 atom stereocenters. The predicted molar refractivity (Wildman–Crippen MR) is 74.9 cm³/mol. The number of aryl methyl sites for hydroxylation is 1. The molecule has 1 amide bonds. The molecule has 1 aromatic carbocycles. The minimum Gasteiger partial charge on any atom is -0.374 e. The van der Waals surface area contributed by atoms with Crippen molar-refractivity contribution in [1.82, 2.24) is 10.2 Å². The van der Waals surface area contributed by atoms with Crippen molar-refractivity contribution in [1.29, 1.82) is 0 Å². The molecular formula is C13H14N4OS. The average Bonchev–Trinajstić information content (AvgIpc) is 2.83. The summed E-state index contributed by atoms with van der Waals surface area (Å²) in [4.78, 5) is 12.2. The Hall–Kier alpha value is -1.95. The fourth-order valence-electron chi connectivity index (χ4n) is 2.41. The van der Waals surface area contributed by atoms with E-state index in [0.29, 0.717) is 10.3 Å². The molecule has 3 rings (SSSR count). The van der Waals surface area contributed by atoms with Crippen molar-refractivity contribution in [2.75, 3.05) is 11.1 Å². The highest BCUT2D eigenvalue weighted by molar-refractivity contribution is 7.18. The Balaban J connectivity index is 1.69. The van der Waals surface area contributed by atoms with Crippen LogP contribution in [0.2, 0.25) is 0 Å². The fourth-order valence-corrected chi connectivity index (χ4v) is 2.93. The number of benzene rings is 1. The Morgan fingerprint density at radius 1 is 1.32 bits per heavy atom. The highest BCUT2D eigenvalue weighted by Crippen LogP contribution is 2.27. The first-order chi connectivity index (χ1) is 9.22. The van der Waals surface area contributed by atoms with E-state index in [9.17, 15) is 4.79 Å². The Labute approximate surface area is 114 Å². The number of hydrogen-bond donors (Lipinski definition) is 2. The molecule has 0 aliphatic heterocycles. The number of nitrogen functional groups attached to an aromatic ring is 1. The number of nitrogens with one attached hydrogen (secondary N) is 1. The summed E-state index contributed by atoms with van der Waals surface area (Å²) in [5, 5.41) is 11.1. The van der Waals surface area contributed by atoms with Gasteiger partial charge in [-0.2, -0.15) is 0 Å². The quantitative estimate of drug-likeness (QED) is 0.876. The number of amides is 1. The number of rotatable bonds is 2. The van der Waals surface area contributed by atoms with Gasteiger partial charge in [-0.1, -0.05) is 35.6 Å². The fraction of sp³-hybridized carbons (Fsp3) is 0.308. The van der Waals surface area contributed by atoms with Crippen LogP contribution in [-0.2, 0) is 17.6 Å². The average molecular weight is 274 g/mol. The number of aromatic nitrogens is 2. The maximum absolute atomic E-state index is 12.2. The van der Waals surface area contributed by atoms with Crippen molar-refractivity contribution in [2.45, 2.75) is 19.3 Å². The molecule has 19 heavy (non-hydrogen) atoms. The summed E-state index contributed by atoms with van der Waals surface area (Å²) in [6.45, 7) is 0. The molecule has 3 N–H and O–H groups in total. The summed E-state index contributed by atoms with van der Waals surface area (Å²) in [5.41, 5.74) is 8.11. The lowest BCUT2D eigenvalue weighted by Gasteiger charge is -2.23. The normalized spacial score (nSPS) is 17.8. The third-order valence-corrected chi connectivity index (χ3v) is 4.06. The van der Waals surface area contributed by atoms with Crippen LogP contribution in [0, 0.1) is 5.92 Å². The first kappa shape index (κ1) is 12.1. The molecule has 98 valence electrons. The number of nitrogens with two attached hydrogens (primary N) is 1. The number of hydrogen-bond acceptors (Lipinski definition) is 5. The molecule has 0 saturated carbocycles. The van der Waals surface area contributed by atoms with E-state index >= 15 is 0 Å². The van der Waals surface area contributed by atoms with Crippen molar-refractivity contribution in [3.05, 3.63) is 35.4 Å². The lowest BCUT2D eigenvalue weighted by atomic mass is 9.83. The summed E-state index contributed by atoms with van der Waals surface area (Å²) < 4.78 is 0. The second-order valence-corrected chi connectivity index (χ2v) is 5.65. The first-order valence-corrected chi connectivity index (χ1v) is 7.00. The molecule has 5 nitrogen and oxygen atoms in total. The topological polar surface area (TPSA) is 80.9 Å². The minimum atomic E-state index is 0.0000227. The van der Waals surface area contributed by atoms with Gasteiger partial charge in [-0.15, -0.1) is 10.2 Å². The van der Waals surface area contributed by atoms with Gasteiger partial charge < -0.3 is 11.1 Å². The highest BCUT2D eigenvalue weighted by atomic mass is 32.1. The molecule has 0 bridgehead atoms. The van der Waals surface area contributed by atoms with Gasteiger partial charge in [-0.25, -0.2) is 0 Å². The van der Waals surface area contributed by atoms with Crippen LogP contribution >= 0.6 is 11.3 Å². The molecule has 0 spiro atoms. The van der Waals surface area contributed by atoms with E-state index < -0.39 is 0 Å². The second kappa shape index (κ2) is 4.97. The number of carbonyl (C=O) groups excluding carboxylic acids is 1. The lowest BCUT2D eigenvalue weighted by Crippen LogP contribution is -2.28. The number of carbonyl (C=O) groups is 1. The zero-order chi connectivity index (χ0) is 13.2. The van der Waals surface area contributed by atoms with Gasteiger partial charge in [-0.3, -0.25) is 4.79 Å². The highest BCUT2D eigenvalue weighted by Gasteiger charge is 2.25. The van der Waals surface area contributed by atoms with Crippen molar-refractivity contribution in [3.8, 4) is 0 Å². The summed E-state index contributed by atoms with van der Waals surface area (Å²) in [6, 6.07) is 8.29. The molecular weight excluding hydrogens is 260 g/mol. The Morgan fingerprint density at radius 2 is 2.11 bits per heavy atom. The lowest BCUT2D eigenvalue weighted by molar-refractivity contribution is -0.120. The Morgan fingerprint density at radius 3 is 2.84 bits per heavy atom. The smallest absolute Gasteiger partial charge is 0.229 e. The maximum atomic E-state index is 12.2. The van der Waals surface area contributed by atoms with Crippen LogP contribution in [0.25, 0.3) is 0 Å². The van der Waals surface area contributed by atoms with Crippen LogP contribution in [0.5, 0.6) is 0 Å². The maximum Gasteiger partial charge on any atom is 0.229 e. The number of anilines is 2. The molecule has 1 aromatic heterocycles. The van der Waals surface area contributed by atoms with E-state index in [-0.39, 0.29) is 11.8 Å². The standard InChI is InChI=1S/C13H14N4OS/c14-12-16-17-13(19-12)15-11(18)10-6-5-8-3-1-2-4-9(8)7-10/h1-4,10H,5-7H2,(H2,14,16)(H,15,17,18). The van der Waals surface area contributed by atoms with Crippen LogP contribution in [0.15, 0.2) is 24.3 Å². The van der Waals surface area contributed by atoms with Crippen LogP contribution in [0.4, 0.5) is 10.3 Å². The molecule has 0 fully saturated rings. The van der Waals surface area contributed by atoms with E-state index in [2.05, 4.69) is 27.6 Å².